The molecule has 0 spiro atoms. The maximum Gasteiger partial charge on any atom is 0.410 e. The molecule has 3 aromatic carbocycles. The maximum atomic E-state index is 15.0. The standard InChI is InChI=1S/C43H48F3N5O5/c1-5-27(18-38(52)55-25-26-10-7-6-8-11-26)41(53)49-17-9-12-31(49)22-34-33-15-13-28(44)20-35(33)47-39(34)40-48-36-21-29(45)14-16-37(36)51(40)24-32-19-30(46)23-50(32)42(54)56-43(2,3)4/h6-8,10-11,13-16,20-21,27,30-32,47H,5,9,12,17-19,22-25H2,1-4H3/t27-,30+,31+,32+/m1/s1. The van der Waals surface area contributed by atoms with Gasteiger partial charge in [-0.25, -0.2) is 22.9 Å². The van der Waals surface area contributed by atoms with Gasteiger partial charge in [-0.1, -0.05) is 37.3 Å². The number of hydrogen-bond acceptors (Lipinski definition) is 6. The van der Waals surface area contributed by atoms with E-state index in [-0.39, 0.29) is 44.5 Å². The Morgan fingerprint density at radius 3 is 2.48 bits per heavy atom. The van der Waals surface area contributed by atoms with E-state index >= 15 is 4.39 Å². The normalized spacial score (nSPS) is 19.2. The molecule has 2 fully saturated rings. The molecule has 56 heavy (non-hydrogen) atoms. The summed E-state index contributed by atoms with van der Waals surface area (Å²) in [4.78, 5) is 51.8. The zero-order chi connectivity index (χ0) is 39.7. The van der Waals surface area contributed by atoms with E-state index in [1.54, 1.807) is 32.9 Å². The summed E-state index contributed by atoms with van der Waals surface area (Å²) in [7, 11) is 0. The van der Waals surface area contributed by atoms with Crippen molar-refractivity contribution >= 4 is 39.9 Å². The number of imidazole rings is 1. The molecule has 0 aliphatic carbocycles. The Kier molecular flexibility index (Phi) is 11.1. The van der Waals surface area contributed by atoms with Crippen LogP contribution in [-0.4, -0.2) is 79.3 Å². The Morgan fingerprint density at radius 1 is 0.982 bits per heavy atom. The van der Waals surface area contributed by atoms with Crippen LogP contribution in [0.4, 0.5) is 18.0 Å². The van der Waals surface area contributed by atoms with Crippen molar-refractivity contribution in [1.82, 2.24) is 24.3 Å². The van der Waals surface area contributed by atoms with Crippen molar-refractivity contribution in [3.63, 3.8) is 0 Å². The molecule has 13 heteroatoms. The van der Waals surface area contributed by atoms with E-state index in [0.717, 1.165) is 22.9 Å². The topological polar surface area (TPSA) is 110 Å². The molecule has 10 nitrogen and oxygen atoms in total. The summed E-state index contributed by atoms with van der Waals surface area (Å²) < 4.78 is 57.4. The van der Waals surface area contributed by atoms with Crippen molar-refractivity contribution in [3.8, 4) is 11.5 Å². The third-order valence-corrected chi connectivity index (χ3v) is 10.8. The monoisotopic (exact) mass is 771 g/mol. The summed E-state index contributed by atoms with van der Waals surface area (Å²) in [6, 6.07) is 17.3. The summed E-state index contributed by atoms with van der Waals surface area (Å²) in [6.07, 6.45) is 0.469. The number of benzene rings is 3. The van der Waals surface area contributed by atoms with E-state index in [4.69, 9.17) is 14.5 Å². The summed E-state index contributed by atoms with van der Waals surface area (Å²) in [5.74, 6) is -1.63. The Morgan fingerprint density at radius 2 is 1.73 bits per heavy atom. The summed E-state index contributed by atoms with van der Waals surface area (Å²) >= 11 is 0. The van der Waals surface area contributed by atoms with Gasteiger partial charge in [0.05, 0.1) is 35.7 Å². The number of alkyl halides is 1. The smallest absolute Gasteiger partial charge is 0.410 e. The van der Waals surface area contributed by atoms with Gasteiger partial charge in [0.25, 0.3) is 0 Å². The lowest BCUT2D eigenvalue weighted by Gasteiger charge is -2.29. The average molecular weight is 772 g/mol. The Labute approximate surface area is 324 Å². The van der Waals surface area contributed by atoms with E-state index in [2.05, 4.69) is 4.98 Å². The highest BCUT2D eigenvalue weighted by atomic mass is 19.1. The number of aromatic amines is 1. The molecule has 296 valence electrons. The second kappa shape index (κ2) is 16.0. The third-order valence-electron chi connectivity index (χ3n) is 10.8. The quantitative estimate of drug-likeness (QED) is 0.135. The van der Waals surface area contributed by atoms with Gasteiger partial charge in [0, 0.05) is 48.4 Å². The minimum atomic E-state index is -1.27. The van der Waals surface area contributed by atoms with E-state index in [1.165, 1.54) is 29.2 Å². The van der Waals surface area contributed by atoms with Crippen molar-refractivity contribution in [2.24, 2.45) is 5.92 Å². The zero-order valence-electron chi connectivity index (χ0n) is 32.2. The van der Waals surface area contributed by atoms with Crippen LogP contribution in [0.5, 0.6) is 0 Å². The molecule has 4 atom stereocenters. The van der Waals surface area contributed by atoms with Gasteiger partial charge >= 0.3 is 12.1 Å². The molecular weight excluding hydrogens is 723 g/mol. The fraction of sp³-hybridized carbons (Fsp3) is 0.442. The molecule has 2 aliphatic heterocycles. The van der Waals surface area contributed by atoms with E-state index in [1.807, 2.05) is 46.7 Å². The molecule has 0 saturated carbocycles. The van der Waals surface area contributed by atoms with Gasteiger partial charge in [-0.05, 0) is 87.9 Å². The SMILES string of the molecule is CC[C@H](CC(=O)OCc1ccccc1)C(=O)N1CCC[C@H]1Cc1c(-c2nc3cc(F)ccc3n2C[C@@H]2C[C@H](F)CN2C(=O)OC(C)(C)C)[nH]c2cc(F)ccc12. The number of carbonyl (C=O) groups is 3. The fourth-order valence-electron chi connectivity index (χ4n) is 8.11. The van der Waals surface area contributed by atoms with Gasteiger partial charge in [0.1, 0.15) is 30.0 Å². The van der Waals surface area contributed by atoms with Gasteiger partial charge in [0.15, 0.2) is 5.82 Å². The number of esters is 1. The molecule has 2 aliphatic rings. The molecule has 2 amide bonds. The first-order valence-corrected chi connectivity index (χ1v) is 19.4. The maximum absolute atomic E-state index is 15.0. The number of likely N-dealkylation sites (tertiary alicyclic amines) is 2. The van der Waals surface area contributed by atoms with Crippen LogP contribution < -0.4 is 0 Å². The van der Waals surface area contributed by atoms with Gasteiger partial charge in [0.2, 0.25) is 5.91 Å². The predicted octanol–water partition coefficient (Wildman–Crippen LogP) is 8.50. The van der Waals surface area contributed by atoms with E-state index < -0.39 is 47.4 Å². The van der Waals surface area contributed by atoms with Crippen molar-refractivity contribution in [2.45, 2.75) is 103 Å². The largest absolute Gasteiger partial charge is 0.461 e. The van der Waals surface area contributed by atoms with Crippen LogP contribution in [0.25, 0.3) is 33.5 Å². The van der Waals surface area contributed by atoms with Crippen LogP contribution in [-0.2, 0) is 38.6 Å². The van der Waals surface area contributed by atoms with Crippen LogP contribution in [0.3, 0.4) is 0 Å². The van der Waals surface area contributed by atoms with Crippen LogP contribution >= 0.6 is 0 Å². The molecule has 0 unspecified atom stereocenters. The highest BCUT2D eigenvalue weighted by Gasteiger charge is 2.39. The number of carbonyl (C=O) groups excluding carboxylic acids is 3. The number of amides is 2. The third kappa shape index (κ3) is 8.41. The average Bonchev–Trinajstić information content (AvgIpc) is 3.94. The molecule has 2 saturated heterocycles. The second-order valence-electron chi connectivity index (χ2n) is 16.0. The summed E-state index contributed by atoms with van der Waals surface area (Å²) in [6.45, 7) is 7.81. The highest BCUT2D eigenvalue weighted by Crippen LogP contribution is 2.37. The van der Waals surface area contributed by atoms with E-state index in [9.17, 15) is 23.2 Å². The first kappa shape index (κ1) is 38.9. The lowest BCUT2D eigenvalue weighted by atomic mass is 9.97. The highest BCUT2D eigenvalue weighted by molar-refractivity contribution is 5.92. The molecular formula is C43H48F3N5O5. The van der Waals surface area contributed by atoms with Crippen molar-refractivity contribution in [2.75, 3.05) is 13.1 Å². The zero-order valence-corrected chi connectivity index (χ0v) is 32.2. The molecule has 0 bridgehead atoms. The molecule has 7 rings (SSSR count). The number of rotatable bonds is 11. The van der Waals surface area contributed by atoms with E-state index in [0.29, 0.717) is 53.9 Å². The number of nitrogens with one attached hydrogen (secondary N) is 1. The number of aromatic nitrogens is 3. The van der Waals surface area contributed by atoms with Gasteiger partial charge in [-0.3, -0.25) is 9.59 Å². The number of hydrogen-bond donors (Lipinski definition) is 1. The van der Waals surface area contributed by atoms with Crippen LogP contribution in [0.1, 0.15) is 70.9 Å². The van der Waals surface area contributed by atoms with Gasteiger partial charge < -0.3 is 28.8 Å². The Hall–Kier alpha value is -5.33. The predicted molar refractivity (Wildman–Crippen MR) is 206 cm³/mol. The van der Waals surface area contributed by atoms with Crippen molar-refractivity contribution in [3.05, 3.63) is 89.5 Å². The molecule has 5 aromatic rings. The summed E-state index contributed by atoms with van der Waals surface area (Å²) in [5.41, 5.74) is 2.87. The summed E-state index contributed by atoms with van der Waals surface area (Å²) in [5, 5.41) is 0.738. The minimum absolute atomic E-state index is 0.0369. The molecule has 2 aromatic heterocycles. The fourth-order valence-corrected chi connectivity index (χ4v) is 8.11. The Balaban J connectivity index is 1.21. The number of halogens is 3. The molecule has 0 radical (unpaired) electrons. The molecule has 4 heterocycles. The lowest BCUT2D eigenvalue weighted by Crippen LogP contribution is -2.41. The Bertz CT molecular complexity index is 2230. The molecule has 1 N–H and O–H groups in total. The number of H-pyrrole nitrogens is 1. The van der Waals surface area contributed by atoms with Crippen molar-refractivity contribution in [1.29, 1.82) is 0 Å². The van der Waals surface area contributed by atoms with Crippen LogP contribution in [0.2, 0.25) is 0 Å². The van der Waals surface area contributed by atoms with Crippen molar-refractivity contribution < 1.29 is 37.0 Å². The van der Waals surface area contributed by atoms with Crippen LogP contribution in [0, 0.1) is 17.6 Å². The number of fused-ring (bicyclic) bond motifs is 2. The first-order chi connectivity index (χ1) is 26.8. The second-order valence-corrected chi connectivity index (χ2v) is 16.0. The first-order valence-electron chi connectivity index (χ1n) is 19.4. The number of nitrogens with zero attached hydrogens (tertiary/aromatic N) is 4. The van der Waals surface area contributed by atoms with Gasteiger partial charge in [-0.2, -0.15) is 0 Å². The van der Waals surface area contributed by atoms with Gasteiger partial charge in [-0.15, -0.1) is 0 Å². The lowest BCUT2D eigenvalue weighted by molar-refractivity contribution is -0.150. The van der Waals surface area contributed by atoms with Crippen LogP contribution in [0.15, 0.2) is 66.7 Å². The minimum Gasteiger partial charge on any atom is -0.461 e. The number of ether oxygens (including phenoxy) is 2.